The Labute approximate surface area is 153 Å². The maximum Gasteiger partial charge on any atom is 0.416 e. The van der Waals surface area contributed by atoms with Gasteiger partial charge in [0.1, 0.15) is 0 Å². The Morgan fingerprint density at radius 3 is 2.56 bits per heavy atom. The van der Waals surface area contributed by atoms with Gasteiger partial charge in [0, 0.05) is 30.9 Å². The second-order valence-electron chi connectivity index (χ2n) is 6.65. The van der Waals surface area contributed by atoms with Crippen molar-refractivity contribution in [3.05, 3.63) is 29.8 Å². The van der Waals surface area contributed by atoms with Gasteiger partial charge in [-0.25, -0.2) is 0 Å². The number of piperidine rings is 1. The molecule has 0 radical (unpaired) electrons. The summed E-state index contributed by atoms with van der Waals surface area (Å²) >= 11 is 5.39. The number of thiocarbonyl (C=S) groups is 1. The molecule has 1 N–H and O–H groups in total. The SMILES string of the molecule is CC[C@H](C)N(C)C1CCN(C(=S)Nc2cccc(C(F)(F)F)c2)CC1. The largest absolute Gasteiger partial charge is 0.416 e. The van der Waals surface area contributed by atoms with Crippen LogP contribution in [-0.4, -0.2) is 47.1 Å². The van der Waals surface area contributed by atoms with Crippen LogP contribution < -0.4 is 5.32 Å². The third kappa shape index (κ3) is 5.31. The lowest BCUT2D eigenvalue weighted by molar-refractivity contribution is -0.137. The molecule has 1 fully saturated rings. The normalized spacial score (nSPS) is 17.6. The topological polar surface area (TPSA) is 18.5 Å². The van der Waals surface area contributed by atoms with Gasteiger partial charge in [-0.1, -0.05) is 13.0 Å². The minimum atomic E-state index is -4.35. The van der Waals surface area contributed by atoms with Crippen molar-refractivity contribution < 1.29 is 13.2 Å². The van der Waals surface area contributed by atoms with Crippen LogP contribution in [0.4, 0.5) is 18.9 Å². The van der Waals surface area contributed by atoms with Crippen LogP contribution in [0.25, 0.3) is 0 Å². The molecule has 25 heavy (non-hydrogen) atoms. The molecule has 1 heterocycles. The second kappa shape index (κ2) is 8.36. The average molecular weight is 373 g/mol. The maximum atomic E-state index is 12.8. The minimum Gasteiger partial charge on any atom is -0.349 e. The highest BCUT2D eigenvalue weighted by Crippen LogP contribution is 2.30. The number of likely N-dealkylation sites (tertiary alicyclic amines) is 1. The van der Waals surface area contributed by atoms with Crippen molar-refractivity contribution in [2.75, 3.05) is 25.5 Å². The van der Waals surface area contributed by atoms with E-state index in [1.807, 2.05) is 4.90 Å². The average Bonchev–Trinajstić information content (AvgIpc) is 2.60. The fourth-order valence-electron chi connectivity index (χ4n) is 3.10. The zero-order valence-electron chi connectivity index (χ0n) is 14.9. The van der Waals surface area contributed by atoms with Crippen molar-refractivity contribution >= 4 is 23.0 Å². The van der Waals surface area contributed by atoms with Crippen LogP contribution in [0, 0.1) is 0 Å². The molecule has 0 unspecified atom stereocenters. The zero-order chi connectivity index (χ0) is 18.6. The van der Waals surface area contributed by atoms with Gasteiger partial charge in [0.05, 0.1) is 5.56 Å². The lowest BCUT2D eigenvalue weighted by Crippen LogP contribution is -2.48. The molecule has 140 valence electrons. The smallest absolute Gasteiger partial charge is 0.349 e. The molecular weight excluding hydrogens is 347 g/mol. The quantitative estimate of drug-likeness (QED) is 0.778. The summed E-state index contributed by atoms with van der Waals surface area (Å²) in [6.07, 6.45) is -1.22. The van der Waals surface area contributed by atoms with Crippen molar-refractivity contribution in [3.63, 3.8) is 0 Å². The molecule has 1 atom stereocenters. The number of nitrogens with zero attached hydrogens (tertiary/aromatic N) is 2. The third-order valence-electron chi connectivity index (χ3n) is 5.05. The fourth-order valence-corrected chi connectivity index (χ4v) is 3.40. The molecule has 0 spiro atoms. The van der Waals surface area contributed by atoms with Gasteiger partial charge < -0.3 is 15.1 Å². The Kier molecular flexibility index (Phi) is 6.68. The summed E-state index contributed by atoms with van der Waals surface area (Å²) in [6, 6.07) is 6.22. The van der Waals surface area contributed by atoms with Crippen molar-refractivity contribution in [2.45, 2.75) is 51.4 Å². The molecule has 0 amide bonds. The number of rotatable bonds is 4. The second-order valence-corrected chi connectivity index (χ2v) is 7.04. The molecule has 7 heteroatoms. The molecular formula is C18H26F3N3S. The molecule has 2 rings (SSSR count). The predicted molar refractivity (Wildman–Crippen MR) is 99.8 cm³/mol. The van der Waals surface area contributed by atoms with Crippen molar-refractivity contribution in [1.82, 2.24) is 9.80 Å². The number of hydrogen-bond acceptors (Lipinski definition) is 2. The van der Waals surface area contributed by atoms with E-state index >= 15 is 0 Å². The van der Waals surface area contributed by atoms with Gasteiger partial charge in [0.2, 0.25) is 0 Å². The van der Waals surface area contributed by atoms with E-state index in [0.717, 1.165) is 44.5 Å². The Morgan fingerprint density at radius 2 is 2.00 bits per heavy atom. The third-order valence-corrected chi connectivity index (χ3v) is 5.42. The van der Waals surface area contributed by atoms with Crippen LogP contribution in [0.1, 0.15) is 38.7 Å². The highest BCUT2D eigenvalue weighted by molar-refractivity contribution is 7.80. The Bertz CT molecular complexity index is 583. The minimum absolute atomic E-state index is 0.374. The number of alkyl halides is 3. The van der Waals surface area contributed by atoms with E-state index in [2.05, 4.69) is 31.1 Å². The summed E-state index contributed by atoms with van der Waals surface area (Å²) < 4.78 is 38.4. The van der Waals surface area contributed by atoms with Gasteiger partial charge in [-0.2, -0.15) is 13.2 Å². The van der Waals surface area contributed by atoms with Crippen LogP contribution in [0.5, 0.6) is 0 Å². The predicted octanol–water partition coefficient (Wildman–Crippen LogP) is 4.60. The van der Waals surface area contributed by atoms with Gasteiger partial charge >= 0.3 is 6.18 Å². The van der Waals surface area contributed by atoms with Crippen molar-refractivity contribution in [1.29, 1.82) is 0 Å². The summed E-state index contributed by atoms with van der Waals surface area (Å²) in [5, 5.41) is 3.44. The molecule has 1 aromatic carbocycles. The van der Waals surface area contributed by atoms with E-state index in [0.29, 0.717) is 22.9 Å². The van der Waals surface area contributed by atoms with E-state index in [4.69, 9.17) is 12.2 Å². The standard InChI is InChI=1S/C18H26F3N3S/c1-4-13(2)23(3)16-8-10-24(11-9-16)17(25)22-15-7-5-6-14(12-15)18(19,20)21/h5-7,12-13,16H,4,8-11H2,1-3H3,(H,22,25)/t13-/m0/s1. The van der Waals surface area contributed by atoms with Crippen molar-refractivity contribution in [2.24, 2.45) is 0 Å². The molecule has 0 aliphatic carbocycles. The first-order valence-electron chi connectivity index (χ1n) is 8.67. The van der Waals surface area contributed by atoms with Crippen molar-refractivity contribution in [3.8, 4) is 0 Å². The number of halogens is 3. The highest BCUT2D eigenvalue weighted by atomic mass is 32.1. The van der Waals surface area contributed by atoms with Gasteiger partial charge in [-0.15, -0.1) is 0 Å². The van der Waals surface area contributed by atoms with Gasteiger partial charge in [-0.3, -0.25) is 0 Å². The van der Waals surface area contributed by atoms with Gasteiger partial charge in [-0.05, 0) is 63.7 Å². The van der Waals surface area contributed by atoms with Crippen LogP contribution >= 0.6 is 12.2 Å². The first kappa shape index (κ1) is 20.0. The fraction of sp³-hybridized carbons (Fsp3) is 0.611. The first-order valence-corrected chi connectivity index (χ1v) is 9.08. The molecule has 1 aliphatic rings. The van der Waals surface area contributed by atoms with Gasteiger partial charge in [0.25, 0.3) is 0 Å². The van der Waals surface area contributed by atoms with Crippen LogP contribution in [0.2, 0.25) is 0 Å². The lowest BCUT2D eigenvalue weighted by atomic mass is 10.0. The first-order chi connectivity index (χ1) is 11.7. The Balaban J connectivity index is 1.91. The molecule has 3 nitrogen and oxygen atoms in total. The van der Waals surface area contributed by atoms with E-state index < -0.39 is 11.7 Å². The number of hydrogen-bond donors (Lipinski definition) is 1. The van der Waals surface area contributed by atoms with Crippen LogP contribution in [-0.2, 0) is 6.18 Å². The summed E-state index contributed by atoms with van der Waals surface area (Å²) in [6.45, 7) is 6.04. The summed E-state index contributed by atoms with van der Waals surface area (Å²) in [7, 11) is 2.16. The number of anilines is 1. The molecule has 0 saturated carbocycles. The summed E-state index contributed by atoms with van der Waals surface area (Å²) in [5.74, 6) is 0. The lowest BCUT2D eigenvalue weighted by Gasteiger charge is -2.40. The molecule has 1 aromatic rings. The van der Waals surface area contributed by atoms with E-state index in [1.165, 1.54) is 6.07 Å². The van der Waals surface area contributed by atoms with E-state index in [9.17, 15) is 13.2 Å². The zero-order valence-corrected chi connectivity index (χ0v) is 15.8. The number of benzene rings is 1. The number of nitrogens with one attached hydrogen (secondary N) is 1. The van der Waals surface area contributed by atoms with E-state index in [1.54, 1.807) is 6.07 Å². The summed E-state index contributed by atoms with van der Waals surface area (Å²) in [4.78, 5) is 4.46. The van der Waals surface area contributed by atoms with E-state index in [-0.39, 0.29) is 0 Å². The maximum absolute atomic E-state index is 12.8. The molecule has 0 aromatic heterocycles. The van der Waals surface area contributed by atoms with Crippen LogP contribution in [0.15, 0.2) is 24.3 Å². The monoisotopic (exact) mass is 373 g/mol. The van der Waals surface area contributed by atoms with Gasteiger partial charge in [0.15, 0.2) is 5.11 Å². The molecule has 1 aliphatic heterocycles. The molecule has 1 saturated heterocycles. The highest BCUT2D eigenvalue weighted by Gasteiger charge is 2.30. The molecule has 0 bridgehead atoms. The summed E-state index contributed by atoms with van der Waals surface area (Å²) in [5.41, 5.74) is -0.298. The Morgan fingerprint density at radius 1 is 1.36 bits per heavy atom. The van der Waals surface area contributed by atoms with Crippen LogP contribution in [0.3, 0.4) is 0 Å². The Hall–Kier alpha value is -1.34.